The summed E-state index contributed by atoms with van der Waals surface area (Å²) in [6, 6.07) is 22.3. The van der Waals surface area contributed by atoms with Crippen LogP contribution in [0.3, 0.4) is 0 Å². The third kappa shape index (κ3) is 5.04. The Balaban J connectivity index is 1.88. The third-order valence-electron chi connectivity index (χ3n) is 4.03. The van der Waals surface area contributed by atoms with Crippen LogP contribution in [0, 0.1) is 0 Å². The Bertz CT molecular complexity index is 1120. The molecule has 0 aliphatic rings. The third-order valence-corrected chi connectivity index (χ3v) is 5.04. The molecule has 0 unspecified atom stereocenters. The fourth-order valence-electron chi connectivity index (χ4n) is 2.72. The van der Waals surface area contributed by atoms with E-state index in [0.717, 1.165) is 16.7 Å². The molecule has 0 radical (unpaired) electrons. The number of benzene rings is 3. The highest BCUT2D eigenvalue weighted by Crippen LogP contribution is 2.24. The maximum Gasteiger partial charge on any atom is 0.295 e. The van der Waals surface area contributed by atoms with Crippen LogP contribution in [0.4, 0.5) is 5.69 Å². The van der Waals surface area contributed by atoms with E-state index in [4.69, 9.17) is 18.0 Å². The lowest BCUT2D eigenvalue weighted by Gasteiger charge is -2.08. The molecule has 0 bridgehead atoms. The number of hydrogen-bond acceptors (Lipinski definition) is 3. The molecule has 28 heavy (non-hydrogen) atoms. The fraction of sp³-hybridized carbons (Fsp3) is 0. The lowest BCUT2D eigenvalue weighted by Crippen LogP contribution is -2.19. The number of nitrogens with one attached hydrogen (secondary N) is 1. The zero-order chi connectivity index (χ0) is 20.1. The number of hydrogen-bond donors (Lipinski definition) is 3. The van der Waals surface area contributed by atoms with Crippen LogP contribution in [0.15, 0.2) is 77.7 Å². The monoisotopic (exact) mass is 410 g/mol. The average Bonchev–Trinajstić information content (AvgIpc) is 2.67. The minimum absolute atomic E-state index is 0.00286. The summed E-state index contributed by atoms with van der Waals surface area (Å²) in [6.45, 7) is 0. The molecule has 3 aromatic carbocycles. The quantitative estimate of drug-likeness (QED) is 0.327. The molecule has 0 saturated heterocycles. The lowest BCUT2D eigenvalue weighted by molar-refractivity contribution is 0.483. The molecular formula is C21H18N2O3S2. The molecule has 5 nitrogen and oxygen atoms in total. The summed E-state index contributed by atoms with van der Waals surface area (Å²) in [5, 5.41) is 2.65. The Kier molecular flexibility index (Phi) is 5.89. The Morgan fingerprint density at radius 2 is 1.57 bits per heavy atom. The molecule has 0 heterocycles. The van der Waals surface area contributed by atoms with Gasteiger partial charge < -0.3 is 11.1 Å². The first-order chi connectivity index (χ1) is 13.3. The van der Waals surface area contributed by atoms with E-state index in [0.29, 0.717) is 11.3 Å². The van der Waals surface area contributed by atoms with E-state index in [1.807, 2.05) is 54.6 Å². The highest BCUT2D eigenvalue weighted by molar-refractivity contribution is 7.86. The summed E-state index contributed by atoms with van der Waals surface area (Å²) in [5.74, 6) is 0. The van der Waals surface area contributed by atoms with Crippen LogP contribution >= 0.6 is 12.2 Å². The normalized spacial score (nSPS) is 11.5. The molecule has 3 rings (SSSR count). The second-order valence-corrected chi connectivity index (χ2v) is 7.87. The predicted octanol–water partition coefficient (Wildman–Crippen LogP) is 4.43. The maximum absolute atomic E-state index is 11.7. The van der Waals surface area contributed by atoms with Gasteiger partial charge in [0.1, 0.15) is 4.90 Å². The van der Waals surface area contributed by atoms with Gasteiger partial charge in [0.05, 0.1) is 0 Å². The largest absolute Gasteiger partial charge is 0.376 e. The van der Waals surface area contributed by atoms with Gasteiger partial charge in [0.15, 0.2) is 5.11 Å². The van der Waals surface area contributed by atoms with E-state index >= 15 is 0 Å². The van der Waals surface area contributed by atoms with Crippen molar-refractivity contribution < 1.29 is 13.0 Å². The van der Waals surface area contributed by atoms with Crippen molar-refractivity contribution in [1.82, 2.24) is 0 Å². The van der Waals surface area contributed by atoms with Gasteiger partial charge in [-0.15, -0.1) is 0 Å². The Hall–Kier alpha value is -3.00. The summed E-state index contributed by atoms with van der Waals surface area (Å²) >= 11 is 4.75. The summed E-state index contributed by atoms with van der Waals surface area (Å²) in [7, 11) is -4.41. The van der Waals surface area contributed by atoms with E-state index in [1.54, 1.807) is 24.3 Å². The minimum Gasteiger partial charge on any atom is -0.376 e. The number of anilines is 1. The van der Waals surface area contributed by atoms with E-state index < -0.39 is 10.1 Å². The molecule has 142 valence electrons. The Labute approximate surface area is 169 Å². The SMILES string of the molecule is NC(=S)Nc1ccc(C=Cc2ccc(-c3ccccc3)cc2)c(S(=O)(=O)O)c1. The summed E-state index contributed by atoms with van der Waals surface area (Å²) in [6.07, 6.45) is 3.41. The predicted molar refractivity (Wildman–Crippen MR) is 117 cm³/mol. The van der Waals surface area contributed by atoms with Gasteiger partial charge in [0, 0.05) is 5.69 Å². The molecule has 0 aliphatic carbocycles. The summed E-state index contributed by atoms with van der Waals surface area (Å²) in [5.41, 5.74) is 9.23. The number of nitrogens with two attached hydrogens (primary N) is 1. The molecular weight excluding hydrogens is 392 g/mol. The number of thiocarbonyl (C=S) groups is 1. The van der Waals surface area contributed by atoms with Crippen molar-refractivity contribution in [3.63, 3.8) is 0 Å². The van der Waals surface area contributed by atoms with Crippen LogP contribution in [-0.4, -0.2) is 18.1 Å². The smallest absolute Gasteiger partial charge is 0.295 e. The zero-order valence-corrected chi connectivity index (χ0v) is 16.4. The van der Waals surface area contributed by atoms with Crippen molar-refractivity contribution in [3.05, 3.63) is 83.9 Å². The van der Waals surface area contributed by atoms with Crippen LogP contribution < -0.4 is 11.1 Å². The molecule has 0 atom stereocenters. The molecule has 0 aromatic heterocycles. The first-order valence-electron chi connectivity index (χ1n) is 8.34. The first kappa shape index (κ1) is 19.8. The Morgan fingerprint density at radius 3 is 2.18 bits per heavy atom. The Morgan fingerprint density at radius 1 is 0.929 bits per heavy atom. The van der Waals surface area contributed by atoms with Gasteiger partial charge >= 0.3 is 0 Å². The second-order valence-electron chi connectivity index (χ2n) is 6.04. The van der Waals surface area contributed by atoms with Gasteiger partial charge in [-0.1, -0.05) is 72.8 Å². The van der Waals surface area contributed by atoms with Crippen LogP contribution in [0.25, 0.3) is 23.3 Å². The number of rotatable bonds is 5. The molecule has 7 heteroatoms. The molecule has 0 fully saturated rings. The highest BCUT2D eigenvalue weighted by atomic mass is 32.2. The standard InChI is InChI=1S/C21H18N2O3S2/c22-21(27)23-19-13-12-18(20(14-19)28(24,25)26)11-8-15-6-9-17(10-7-15)16-4-2-1-3-5-16/h1-14H,(H3,22,23,27)(H,24,25,26). The molecule has 0 spiro atoms. The highest BCUT2D eigenvalue weighted by Gasteiger charge is 2.15. The average molecular weight is 411 g/mol. The van der Waals surface area contributed by atoms with Crippen LogP contribution in [0.2, 0.25) is 0 Å². The van der Waals surface area contributed by atoms with E-state index in [9.17, 15) is 13.0 Å². The lowest BCUT2D eigenvalue weighted by atomic mass is 10.0. The van der Waals surface area contributed by atoms with Crippen molar-refractivity contribution in [2.24, 2.45) is 5.73 Å². The minimum atomic E-state index is -4.41. The van der Waals surface area contributed by atoms with E-state index in [1.165, 1.54) is 6.07 Å². The van der Waals surface area contributed by atoms with Crippen molar-refractivity contribution in [3.8, 4) is 11.1 Å². The maximum atomic E-state index is 11.7. The molecule has 0 aliphatic heterocycles. The molecule has 4 N–H and O–H groups in total. The van der Waals surface area contributed by atoms with Crippen molar-refractivity contribution in [1.29, 1.82) is 0 Å². The molecule has 0 amide bonds. The summed E-state index contributed by atoms with van der Waals surface area (Å²) in [4.78, 5) is -0.231. The molecule has 3 aromatic rings. The van der Waals surface area contributed by atoms with Gasteiger partial charge in [-0.2, -0.15) is 8.42 Å². The summed E-state index contributed by atoms with van der Waals surface area (Å²) < 4.78 is 33.0. The van der Waals surface area contributed by atoms with Gasteiger partial charge in [-0.05, 0) is 46.6 Å². The fourth-order valence-corrected chi connectivity index (χ4v) is 3.55. The van der Waals surface area contributed by atoms with Crippen LogP contribution in [0.1, 0.15) is 11.1 Å². The van der Waals surface area contributed by atoms with Gasteiger partial charge in [0.2, 0.25) is 0 Å². The van der Waals surface area contributed by atoms with Crippen LogP contribution in [0.5, 0.6) is 0 Å². The van der Waals surface area contributed by atoms with Crippen LogP contribution in [-0.2, 0) is 10.1 Å². The van der Waals surface area contributed by atoms with E-state index in [-0.39, 0.29) is 10.0 Å². The topological polar surface area (TPSA) is 92.4 Å². The van der Waals surface area contributed by atoms with Crippen molar-refractivity contribution >= 4 is 45.3 Å². The van der Waals surface area contributed by atoms with E-state index in [2.05, 4.69) is 5.32 Å². The van der Waals surface area contributed by atoms with Gasteiger partial charge in [-0.3, -0.25) is 4.55 Å². The van der Waals surface area contributed by atoms with Crippen molar-refractivity contribution in [2.75, 3.05) is 5.32 Å². The van der Waals surface area contributed by atoms with Crippen molar-refractivity contribution in [2.45, 2.75) is 4.90 Å². The van der Waals surface area contributed by atoms with Gasteiger partial charge in [0.25, 0.3) is 10.1 Å². The first-order valence-corrected chi connectivity index (χ1v) is 10.2. The second kappa shape index (κ2) is 8.35. The van der Waals surface area contributed by atoms with Gasteiger partial charge in [-0.25, -0.2) is 0 Å². The molecule has 0 saturated carbocycles. The zero-order valence-electron chi connectivity index (χ0n) is 14.7.